The minimum absolute atomic E-state index is 0.118. The van der Waals surface area contributed by atoms with Crippen molar-refractivity contribution in [2.45, 2.75) is 6.92 Å². The van der Waals surface area contributed by atoms with Crippen molar-refractivity contribution < 1.29 is 18.0 Å². The number of sulfonamides is 1. The summed E-state index contributed by atoms with van der Waals surface area (Å²) in [5, 5.41) is 6.25. The van der Waals surface area contributed by atoms with Crippen LogP contribution in [-0.2, 0) is 14.8 Å². The van der Waals surface area contributed by atoms with Crippen LogP contribution in [0, 0.1) is 0 Å². The summed E-state index contributed by atoms with van der Waals surface area (Å²) in [6, 6.07) is 21.6. The van der Waals surface area contributed by atoms with E-state index in [1.807, 2.05) is 37.3 Å². The molecule has 0 aromatic heterocycles. The number of hydrogen-bond acceptors (Lipinski definition) is 5. The largest absolute Gasteiger partial charge is 0.354 e. The molecule has 0 fully saturated rings. The van der Waals surface area contributed by atoms with Gasteiger partial charge in [-0.05, 0) is 48.9 Å². The van der Waals surface area contributed by atoms with Crippen molar-refractivity contribution in [3.63, 3.8) is 0 Å². The van der Waals surface area contributed by atoms with Crippen LogP contribution in [-0.4, -0.2) is 52.0 Å². The van der Waals surface area contributed by atoms with Gasteiger partial charge < -0.3 is 15.5 Å². The normalized spacial score (nSPS) is 14.1. The molecular weight excluding hydrogens is 476 g/mol. The molecule has 8 nitrogen and oxygen atoms in total. The second-order valence-electron chi connectivity index (χ2n) is 8.55. The molecule has 1 heterocycles. The van der Waals surface area contributed by atoms with E-state index in [-0.39, 0.29) is 11.8 Å². The van der Waals surface area contributed by atoms with Gasteiger partial charge in [0.25, 0.3) is 11.8 Å². The fraction of sp³-hybridized carbons (Fsp3) is 0.185. The zero-order valence-corrected chi connectivity index (χ0v) is 21.4. The lowest BCUT2D eigenvalue weighted by molar-refractivity contribution is -0.110. The Morgan fingerprint density at radius 2 is 1.61 bits per heavy atom. The smallest absolute Gasteiger partial charge is 0.258 e. The van der Waals surface area contributed by atoms with E-state index in [0.29, 0.717) is 46.0 Å². The third kappa shape index (κ3) is 4.96. The van der Waals surface area contributed by atoms with Crippen molar-refractivity contribution >= 4 is 50.2 Å². The maximum absolute atomic E-state index is 13.2. The first kappa shape index (κ1) is 25.0. The van der Waals surface area contributed by atoms with Gasteiger partial charge in [-0.15, -0.1) is 0 Å². The minimum atomic E-state index is -3.38. The maximum Gasteiger partial charge on any atom is 0.258 e. The summed E-state index contributed by atoms with van der Waals surface area (Å²) >= 11 is 0. The van der Waals surface area contributed by atoms with Crippen LogP contribution < -0.4 is 14.9 Å². The highest BCUT2D eigenvalue weighted by molar-refractivity contribution is 7.92. The van der Waals surface area contributed by atoms with Crippen molar-refractivity contribution in [3.05, 3.63) is 89.5 Å². The molecule has 9 heteroatoms. The van der Waals surface area contributed by atoms with Gasteiger partial charge in [-0.3, -0.25) is 13.9 Å². The standard InChI is InChI=1S/C27H28N4O4S/c1-5-30(2)27(33)19-11-16-22-23(17-19)29-26(32)24(22)25(18-9-7-6-8-10-18)28-20-12-14-21(15-13-20)31(3)36(4,34)35/h6-17,28H,5H2,1-4H3,(H,29,32)/b25-24-. The first-order valence-corrected chi connectivity index (χ1v) is 13.3. The highest BCUT2D eigenvalue weighted by Crippen LogP contribution is 2.38. The molecule has 1 aliphatic heterocycles. The van der Waals surface area contributed by atoms with Crippen molar-refractivity contribution in [2.75, 3.05) is 41.8 Å². The van der Waals surface area contributed by atoms with Gasteiger partial charge in [0, 0.05) is 43.1 Å². The molecule has 0 saturated heterocycles. The predicted octanol–water partition coefficient (Wildman–Crippen LogP) is 4.11. The number of carbonyl (C=O) groups is 2. The number of fused-ring (bicyclic) bond motifs is 1. The third-order valence-electron chi connectivity index (χ3n) is 6.14. The third-order valence-corrected chi connectivity index (χ3v) is 7.35. The summed E-state index contributed by atoms with van der Waals surface area (Å²) in [6.07, 6.45) is 1.15. The second kappa shape index (κ2) is 9.87. The Bertz CT molecular complexity index is 1450. The number of anilines is 3. The molecule has 0 aliphatic carbocycles. The topological polar surface area (TPSA) is 98.8 Å². The van der Waals surface area contributed by atoms with Gasteiger partial charge in [-0.2, -0.15) is 0 Å². The Labute approximate surface area is 211 Å². The minimum Gasteiger partial charge on any atom is -0.354 e. The summed E-state index contributed by atoms with van der Waals surface area (Å²) in [4.78, 5) is 27.4. The van der Waals surface area contributed by atoms with E-state index < -0.39 is 10.0 Å². The number of carbonyl (C=O) groups excluding carboxylic acids is 2. The molecule has 2 N–H and O–H groups in total. The molecule has 3 aromatic rings. The highest BCUT2D eigenvalue weighted by Gasteiger charge is 2.29. The van der Waals surface area contributed by atoms with Crippen LogP contribution in [0.25, 0.3) is 11.3 Å². The number of nitrogens with zero attached hydrogens (tertiary/aromatic N) is 2. The molecule has 0 radical (unpaired) electrons. The van der Waals surface area contributed by atoms with Crippen LogP contribution >= 0.6 is 0 Å². The van der Waals surface area contributed by atoms with Gasteiger partial charge in [-0.25, -0.2) is 8.42 Å². The van der Waals surface area contributed by atoms with Crippen LogP contribution in [0.4, 0.5) is 17.1 Å². The van der Waals surface area contributed by atoms with Crippen LogP contribution in [0.1, 0.15) is 28.4 Å². The van der Waals surface area contributed by atoms with Gasteiger partial charge in [-0.1, -0.05) is 36.4 Å². The SMILES string of the molecule is CCN(C)C(=O)c1ccc2c(c1)NC(=O)/C2=C(\Nc1ccc(N(C)S(C)(=O)=O)cc1)c1ccccc1. The molecule has 2 amide bonds. The van der Waals surface area contributed by atoms with Gasteiger partial charge in [0.1, 0.15) is 0 Å². The molecule has 36 heavy (non-hydrogen) atoms. The van der Waals surface area contributed by atoms with Crippen molar-refractivity contribution in [1.29, 1.82) is 0 Å². The van der Waals surface area contributed by atoms with E-state index in [2.05, 4.69) is 10.6 Å². The summed E-state index contributed by atoms with van der Waals surface area (Å²) < 4.78 is 24.9. The lowest BCUT2D eigenvalue weighted by Crippen LogP contribution is -2.26. The Morgan fingerprint density at radius 3 is 2.22 bits per heavy atom. The van der Waals surface area contributed by atoms with Crippen molar-refractivity contribution in [2.24, 2.45) is 0 Å². The van der Waals surface area contributed by atoms with E-state index >= 15 is 0 Å². The summed E-state index contributed by atoms with van der Waals surface area (Å²) in [5.74, 6) is -0.397. The van der Waals surface area contributed by atoms with E-state index in [4.69, 9.17) is 0 Å². The molecular formula is C27H28N4O4S. The first-order valence-electron chi connectivity index (χ1n) is 11.4. The Morgan fingerprint density at radius 1 is 0.944 bits per heavy atom. The van der Waals surface area contributed by atoms with Crippen LogP contribution in [0.5, 0.6) is 0 Å². The number of hydrogen-bond donors (Lipinski definition) is 2. The molecule has 186 valence electrons. The lowest BCUT2D eigenvalue weighted by atomic mass is 9.98. The molecule has 0 bridgehead atoms. The fourth-order valence-electron chi connectivity index (χ4n) is 3.89. The fourth-order valence-corrected chi connectivity index (χ4v) is 4.40. The zero-order valence-electron chi connectivity index (χ0n) is 20.6. The predicted molar refractivity (Wildman–Crippen MR) is 144 cm³/mol. The zero-order chi connectivity index (χ0) is 26.0. The van der Waals surface area contributed by atoms with Crippen LogP contribution in [0.2, 0.25) is 0 Å². The number of rotatable bonds is 7. The first-order chi connectivity index (χ1) is 17.1. The Hall–Kier alpha value is -4.11. The molecule has 0 unspecified atom stereocenters. The summed E-state index contributed by atoms with van der Waals surface area (Å²) in [7, 11) is -0.158. The number of amides is 2. The molecule has 4 rings (SSSR count). The average Bonchev–Trinajstić information content (AvgIpc) is 3.20. The summed E-state index contributed by atoms with van der Waals surface area (Å²) in [6.45, 7) is 2.48. The van der Waals surface area contributed by atoms with Gasteiger partial charge in [0.15, 0.2) is 0 Å². The molecule has 0 atom stereocenters. The Balaban J connectivity index is 1.77. The lowest BCUT2D eigenvalue weighted by Gasteiger charge is -2.18. The van der Waals surface area contributed by atoms with E-state index in [1.165, 1.54) is 11.4 Å². The van der Waals surface area contributed by atoms with Crippen molar-refractivity contribution in [3.8, 4) is 0 Å². The Kier molecular flexibility index (Phi) is 6.85. The maximum atomic E-state index is 13.2. The van der Waals surface area contributed by atoms with E-state index in [9.17, 15) is 18.0 Å². The van der Waals surface area contributed by atoms with Gasteiger partial charge in [0.05, 0.1) is 23.2 Å². The van der Waals surface area contributed by atoms with Gasteiger partial charge >= 0.3 is 0 Å². The monoisotopic (exact) mass is 504 g/mol. The number of benzene rings is 3. The molecule has 0 spiro atoms. The quantitative estimate of drug-likeness (QED) is 0.472. The van der Waals surface area contributed by atoms with Gasteiger partial charge in [0.2, 0.25) is 10.0 Å². The molecule has 3 aromatic carbocycles. The molecule has 0 saturated carbocycles. The van der Waals surface area contributed by atoms with Crippen LogP contribution in [0.3, 0.4) is 0 Å². The highest BCUT2D eigenvalue weighted by atomic mass is 32.2. The molecule has 1 aliphatic rings. The van der Waals surface area contributed by atoms with Crippen molar-refractivity contribution in [1.82, 2.24) is 4.90 Å². The van der Waals surface area contributed by atoms with Crippen LogP contribution in [0.15, 0.2) is 72.8 Å². The van der Waals surface area contributed by atoms with E-state index in [0.717, 1.165) is 11.8 Å². The average molecular weight is 505 g/mol. The summed E-state index contributed by atoms with van der Waals surface area (Å²) in [5.41, 5.74) is 4.83. The van der Waals surface area contributed by atoms with E-state index in [1.54, 1.807) is 54.4 Å². The number of nitrogens with one attached hydrogen (secondary N) is 2. The second-order valence-corrected chi connectivity index (χ2v) is 10.6.